The van der Waals surface area contributed by atoms with Gasteiger partial charge in [0.05, 0.1) is 6.04 Å². The van der Waals surface area contributed by atoms with Gasteiger partial charge >= 0.3 is 0 Å². The third-order valence-corrected chi connectivity index (χ3v) is 5.54. The number of rotatable bonds is 7. The summed E-state index contributed by atoms with van der Waals surface area (Å²) in [4.78, 5) is 36.5. The summed E-state index contributed by atoms with van der Waals surface area (Å²) in [5.41, 5.74) is 2.46. The van der Waals surface area contributed by atoms with Gasteiger partial charge in [-0.05, 0) is 48.6 Å². The number of carbonyl (C=O) groups is 3. The summed E-state index contributed by atoms with van der Waals surface area (Å²) in [5.74, 6) is -0.452. The van der Waals surface area contributed by atoms with Crippen LogP contribution in [0.15, 0.2) is 48.5 Å². The van der Waals surface area contributed by atoms with Crippen LogP contribution in [0.5, 0.6) is 0 Å². The second-order valence-electron chi connectivity index (χ2n) is 7.73. The number of hydrogen-bond donors (Lipinski definition) is 4. The molecule has 4 N–H and O–H groups in total. The van der Waals surface area contributed by atoms with Crippen molar-refractivity contribution < 1.29 is 14.4 Å². The van der Waals surface area contributed by atoms with E-state index in [0.29, 0.717) is 22.7 Å². The summed E-state index contributed by atoms with van der Waals surface area (Å²) < 4.78 is 0. The molecule has 1 aliphatic rings. The third kappa shape index (κ3) is 6.95. The Bertz CT molecular complexity index is 956. The van der Waals surface area contributed by atoms with E-state index in [-0.39, 0.29) is 48.6 Å². The van der Waals surface area contributed by atoms with Gasteiger partial charge in [0.2, 0.25) is 17.7 Å². The first kappa shape index (κ1) is 25.6. The Morgan fingerprint density at radius 3 is 2.56 bits per heavy atom. The zero-order valence-electron chi connectivity index (χ0n) is 18.0. The summed E-state index contributed by atoms with van der Waals surface area (Å²) in [5, 5.41) is 12.0. The SMILES string of the molecule is CC(=O)Nc1ccc(Cl)cc1CNC(=O)[C@H](C)NC(=O)[C@H]1C[C@H](c2ccccc2)CN1.Cl. The van der Waals surface area contributed by atoms with E-state index in [1.54, 1.807) is 25.1 Å². The van der Waals surface area contributed by atoms with Gasteiger partial charge < -0.3 is 21.3 Å². The van der Waals surface area contributed by atoms with Crippen LogP contribution in [0.3, 0.4) is 0 Å². The Kier molecular flexibility index (Phi) is 9.50. The topological polar surface area (TPSA) is 99.3 Å². The molecule has 172 valence electrons. The van der Waals surface area contributed by atoms with E-state index in [2.05, 4.69) is 33.4 Å². The number of anilines is 1. The van der Waals surface area contributed by atoms with E-state index < -0.39 is 6.04 Å². The molecular formula is C23H28Cl2N4O3. The maximum atomic E-state index is 12.6. The predicted molar refractivity (Wildman–Crippen MR) is 128 cm³/mol. The minimum absolute atomic E-state index is 0. The summed E-state index contributed by atoms with van der Waals surface area (Å²) in [6.45, 7) is 3.95. The number of halogens is 2. The minimum Gasteiger partial charge on any atom is -0.350 e. The lowest BCUT2D eigenvalue weighted by Gasteiger charge is -2.18. The highest BCUT2D eigenvalue weighted by Crippen LogP contribution is 2.25. The van der Waals surface area contributed by atoms with Crippen LogP contribution < -0.4 is 21.3 Å². The van der Waals surface area contributed by atoms with Crippen molar-refractivity contribution in [1.29, 1.82) is 0 Å². The van der Waals surface area contributed by atoms with Crippen molar-refractivity contribution in [3.8, 4) is 0 Å². The summed E-state index contributed by atoms with van der Waals surface area (Å²) in [7, 11) is 0. The van der Waals surface area contributed by atoms with Crippen LogP contribution in [0.1, 0.15) is 37.3 Å². The summed E-state index contributed by atoms with van der Waals surface area (Å²) in [6, 6.07) is 14.1. The third-order valence-electron chi connectivity index (χ3n) is 5.30. The number of benzene rings is 2. The van der Waals surface area contributed by atoms with Crippen LogP contribution in [-0.4, -0.2) is 36.3 Å². The van der Waals surface area contributed by atoms with Crippen molar-refractivity contribution in [3.05, 3.63) is 64.7 Å². The first-order valence-corrected chi connectivity index (χ1v) is 10.6. The zero-order valence-corrected chi connectivity index (χ0v) is 19.6. The Hall–Kier alpha value is -2.61. The first-order chi connectivity index (χ1) is 14.8. The lowest BCUT2D eigenvalue weighted by molar-refractivity contribution is -0.129. The molecule has 7 nitrogen and oxygen atoms in total. The van der Waals surface area contributed by atoms with Crippen molar-refractivity contribution in [2.45, 2.75) is 44.8 Å². The van der Waals surface area contributed by atoms with Gasteiger partial charge in [0.25, 0.3) is 0 Å². The maximum absolute atomic E-state index is 12.6. The van der Waals surface area contributed by atoms with Crippen molar-refractivity contribution in [3.63, 3.8) is 0 Å². The average molecular weight is 479 g/mol. The standard InChI is InChI=1S/C23H27ClN4O3.ClH/c1-14(22(30)26-13-18-10-19(24)8-9-20(18)28-15(2)29)27-23(31)21-11-17(12-25-21)16-6-4-3-5-7-16;/h3-10,14,17,21,25H,11-13H2,1-2H3,(H,26,30)(H,27,31)(H,28,29);1H/t14-,17-,21+;/m0./s1. The van der Waals surface area contributed by atoms with E-state index in [0.717, 1.165) is 6.54 Å². The van der Waals surface area contributed by atoms with E-state index in [4.69, 9.17) is 11.6 Å². The molecule has 0 saturated carbocycles. The molecule has 0 radical (unpaired) electrons. The molecule has 1 heterocycles. The van der Waals surface area contributed by atoms with Crippen LogP contribution >= 0.6 is 24.0 Å². The molecule has 32 heavy (non-hydrogen) atoms. The van der Waals surface area contributed by atoms with Crippen molar-refractivity contribution >= 4 is 47.4 Å². The molecule has 3 rings (SSSR count). The second-order valence-corrected chi connectivity index (χ2v) is 8.17. The number of nitrogens with one attached hydrogen (secondary N) is 4. The quantitative estimate of drug-likeness (QED) is 0.491. The van der Waals surface area contributed by atoms with Crippen molar-refractivity contribution in [2.75, 3.05) is 11.9 Å². The highest BCUT2D eigenvalue weighted by atomic mass is 35.5. The van der Waals surface area contributed by atoms with Gasteiger partial charge in [-0.2, -0.15) is 0 Å². The Morgan fingerprint density at radius 1 is 1.16 bits per heavy atom. The summed E-state index contributed by atoms with van der Waals surface area (Å²) >= 11 is 6.04. The maximum Gasteiger partial charge on any atom is 0.242 e. The Balaban J connectivity index is 0.00000363. The van der Waals surface area contributed by atoms with Gasteiger partial charge in [0.15, 0.2) is 0 Å². The van der Waals surface area contributed by atoms with Gasteiger partial charge in [-0.15, -0.1) is 12.4 Å². The monoisotopic (exact) mass is 478 g/mol. The molecule has 1 saturated heterocycles. The van der Waals surface area contributed by atoms with Crippen molar-refractivity contribution in [2.24, 2.45) is 0 Å². The molecular weight excluding hydrogens is 451 g/mol. The van der Waals surface area contributed by atoms with Crippen LogP contribution in [0.2, 0.25) is 5.02 Å². The molecule has 0 unspecified atom stereocenters. The van der Waals surface area contributed by atoms with Gasteiger partial charge in [0, 0.05) is 30.7 Å². The average Bonchev–Trinajstić information content (AvgIpc) is 3.24. The van der Waals surface area contributed by atoms with Gasteiger partial charge in [-0.25, -0.2) is 0 Å². The minimum atomic E-state index is -0.700. The molecule has 0 aliphatic carbocycles. The normalized spacial score (nSPS) is 18.2. The van der Waals surface area contributed by atoms with E-state index in [1.165, 1.54) is 12.5 Å². The lowest BCUT2D eigenvalue weighted by atomic mass is 9.96. The van der Waals surface area contributed by atoms with Gasteiger partial charge in [0.1, 0.15) is 6.04 Å². The number of amides is 3. The van der Waals surface area contributed by atoms with Gasteiger partial charge in [-0.1, -0.05) is 41.9 Å². The Labute approximate surface area is 199 Å². The Morgan fingerprint density at radius 2 is 1.88 bits per heavy atom. The number of carbonyl (C=O) groups excluding carboxylic acids is 3. The first-order valence-electron chi connectivity index (χ1n) is 10.3. The van der Waals surface area contributed by atoms with Crippen LogP contribution in [-0.2, 0) is 20.9 Å². The highest BCUT2D eigenvalue weighted by Gasteiger charge is 2.31. The lowest BCUT2D eigenvalue weighted by Crippen LogP contribution is -2.49. The van der Waals surface area contributed by atoms with Crippen LogP contribution in [0.25, 0.3) is 0 Å². The molecule has 2 aromatic carbocycles. The molecule has 1 aliphatic heterocycles. The second kappa shape index (κ2) is 11.9. The molecule has 0 aromatic heterocycles. The predicted octanol–water partition coefficient (Wildman–Crippen LogP) is 2.99. The molecule has 3 amide bonds. The van der Waals surface area contributed by atoms with E-state index in [1.807, 2.05) is 18.2 Å². The molecule has 0 bridgehead atoms. The fourth-order valence-corrected chi connectivity index (χ4v) is 3.84. The summed E-state index contributed by atoms with van der Waals surface area (Å²) in [6.07, 6.45) is 0.687. The molecule has 9 heteroatoms. The number of hydrogen-bond acceptors (Lipinski definition) is 4. The van der Waals surface area contributed by atoms with E-state index in [9.17, 15) is 14.4 Å². The van der Waals surface area contributed by atoms with Gasteiger partial charge in [-0.3, -0.25) is 14.4 Å². The molecule has 3 atom stereocenters. The highest BCUT2D eigenvalue weighted by molar-refractivity contribution is 6.30. The molecule has 2 aromatic rings. The van der Waals surface area contributed by atoms with Crippen LogP contribution in [0.4, 0.5) is 5.69 Å². The zero-order chi connectivity index (χ0) is 22.4. The largest absolute Gasteiger partial charge is 0.350 e. The smallest absolute Gasteiger partial charge is 0.242 e. The van der Waals surface area contributed by atoms with E-state index >= 15 is 0 Å². The molecule has 0 spiro atoms. The fourth-order valence-electron chi connectivity index (χ4n) is 3.65. The fraction of sp³-hybridized carbons (Fsp3) is 0.348. The van der Waals surface area contributed by atoms with Crippen molar-refractivity contribution in [1.82, 2.24) is 16.0 Å². The van der Waals surface area contributed by atoms with Crippen LogP contribution in [0, 0.1) is 0 Å². The molecule has 1 fully saturated rings.